The van der Waals surface area contributed by atoms with E-state index >= 15 is 0 Å². The van der Waals surface area contributed by atoms with E-state index in [0.717, 1.165) is 22.4 Å². The normalized spacial score (nSPS) is 18.4. The van der Waals surface area contributed by atoms with Gasteiger partial charge >= 0.3 is 0 Å². The quantitative estimate of drug-likeness (QED) is 0.907. The Kier molecular flexibility index (Phi) is 3.39. The highest BCUT2D eigenvalue weighted by atomic mass is 16.3. The van der Waals surface area contributed by atoms with E-state index in [2.05, 4.69) is 0 Å². The Labute approximate surface area is 123 Å². The van der Waals surface area contributed by atoms with E-state index in [0.29, 0.717) is 6.54 Å². The van der Waals surface area contributed by atoms with E-state index in [1.54, 1.807) is 6.92 Å². The maximum atomic E-state index is 11.2. The van der Waals surface area contributed by atoms with Crippen LogP contribution in [0.5, 0.6) is 0 Å². The molecule has 3 N–H and O–H groups in total. The third-order valence-electron chi connectivity index (χ3n) is 4.12. The van der Waals surface area contributed by atoms with Crippen molar-refractivity contribution in [2.75, 3.05) is 4.90 Å². The number of primary amides is 1. The van der Waals surface area contributed by atoms with E-state index in [1.165, 1.54) is 0 Å². The summed E-state index contributed by atoms with van der Waals surface area (Å²) in [6.45, 7) is 2.47. The molecule has 3 rings (SSSR count). The van der Waals surface area contributed by atoms with Crippen molar-refractivity contribution in [2.24, 2.45) is 5.73 Å². The first-order valence-corrected chi connectivity index (χ1v) is 6.99. The van der Waals surface area contributed by atoms with Gasteiger partial charge < -0.3 is 15.7 Å². The number of nitrogens with two attached hydrogens (primary N) is 1. The summed E-state index contributed by atoms with van der Waals surface area (Å²) in [5.74, 6) is -0.642. The highest BCUT2D eigenvalue weighted by Crippen LogP contribution is 2.35. The molecule has 4 heteroatoms. The van der Waals surface area contributed by atoms with Crippen LogP contribution in [0.1, 0.15) is 35.8 Å². The highest BCUT2D eigenvalue weighted by molar-refractivity contribution is 5.81. The summed E-state index contributed by atoms with van der Waals surface area (Å²) in [6, 6.07) is 15.5. The van der Waals surface area contributed by atoms with Gasteiger partial charge in [0.15, 0.2) is 6.23 Å². The molecule has 2 unspecified atom stereocenters. The lowest BCUT2D eigenvalue weighted by atomic mass is 10.0. The molecule has 1 aliphatic rings. The second-order valence-electron chi connectivity index (χ2n) is 5.42. The topological polar surface area (TPSA) is 66.6 Å². The van der Waals surface area contributed by atoms with Crippen LogP contribution in [0.15, 0.2) is 48.5 Å². The number of fused-ring (bicyclic) bond motifs is 1. The average molecular weight is 282 g/mol. The lowest BCUT2D eigenvalue weighted by Gasteiger charge is -2.23. The molecule has 0 spiro atoms. The van der Waals surface area contributed by atoms with E-state index < -0.39 is 6.23 Å². The van der Waals surface area contributed by atoms with Crippen LogP contribution in [0.2, 0.25) is 0 Å². The van der Waals surface area contributed by atoms with Gasteiger partial charge in [-0.2, -0.15) is 0 Å². The standard InChI is InChI=1S/C17H18N2O2/c1-11(16(18)20)12-6-8-14(9-7-12)19-10-13-4-2-3-5-15(13)17(19)21/h2-9,11,17,21H,10H2,1H3,(H2,18,20). The van der Waals surface area contributed by atoms with Gasteiger partial charge in [0.1, 0.15) is 0 Å². The molecule has 0 bridgehead atoms. The SMILES string of the molecule is CC(C(N)=O)c1ccc(N2Cc3ccccc3C2O)cc1. The smallest absolute Gasteiger partial charge is 0.224 e. The van der Waals surface area contributed by atoms with Crippen LogP contribution >= 0.6 is 0 Å². The van der Waals surface area contributed by atoms with Gasteiger partial charge in [0.2, 0.25) is 5.91 Å². The first kappa shape index (κ1) is 13.6. The molecule has 21 heavy (non-hydrogen) atoms. The molecule has 2 aromatic carbocycles. The minimum atomic E-state index is -0.624. The largest absolute Gasteiger partial charge is 0.369 e. The summed E-state index contributed by atoms with van der Waals surface area (Å²) in [5.41, 5.74) is 9.22. The van der Waals surface area contributed by atoms with Crippen LogP contribution in [0.25, 0.3) is 0 Å². The molecule has 1 heterocycles. The fourth-order valence-corrected chi connectivity index (χ4v) is 2.72. The van der Waals surface area contributed by atoms with E-state index in [9.17, 15) is 9.90 Å². The first-order valence-electron chi connectivity index (χ1n) is 6.99. The number of anilines is 1. The molecular formula is C17H18N2O2. The predicted octanol–water partition coefficient (Wildman–Crippen LogP) is 2.29. The molecule has 0 saturated heterocycles. The van der Waals surface area contributed by atoms with Gasteiger partial charge in [0, 0.05) is 17.8 Å². The van der Waals surface area contributed by atoms with Crippen molar-refractivity contribution in [3.63, 3.8) is 0 Å². The van der Waals surface area contributed by atoms with Gasteiger partial charge in [-0.3, -0.25) is 4.79 Å². The zero-order valence-electron chi connectivity index (χ0n) is 11.9. The summed E-state index contributed by atoms with van der Waals surface area (Å²) in [7, 11) is 0. The molecule has 108 valence electrons. The molecule has 1 amide bonds. The molecule has 1 aliphatic heterocycles. The molecule has 4 nitrogen and oxygen atoms in total. The van der Waals surface area contributed by atoms with Crippen LogP contribution in [-0.2, 0) is 11.3 Å². The maximum absolute atomic E-state index is 11.2. The van der Waals surface area contributed by atoms with Crippen molar-refractivity contribution in [3.8, 4) is 0 Å². The molecule has 0 aliphatic carbocycles. The van der Waals surface area contributed by atoms with Crippen molar-refractivity contribution < 1.29 is 9.90 Å². The van der Waals surface area contributed by atoms with Crippen molar-refractivity contribution in [2.45, 2.75) is 25.6 Å². The Hall–Kier alpha value is -2.33. The molecule has 0 saturated carbocycles. The number of hydrogen-bond donors (Lipinski definition) is 2. The summed E-state index contributed by atoms with van der Waals surface area (Å²) in [4.78, 5) is 13.1. The first-order chi connectivity index (χ1) is 10.1. The van der Waals surface area contributed by atoms with E-state index in [4.69, 9.17) is 5.73 Å². The van der Waals surface area contributed by atoms with Crippen molar-refractivity contribution in [1.29, 1.82) is 0 Å². The number of aliphatic hydroxyl groups is 1. The average Bonchev–Trinajstić information content (AvgIpc) is 2.84. The van der Waals surface area contributed by atoms with Crippen LogP contribution < -0.4 is 10.6 Å². The third-order valence-corrected chi connectivity index (χ3v) is 4.12. The Bertz CT molecular complexity index is 667. The zero-order valence-corrected chi connectivity index (χ0v) is 11.9. The molecular weight excluding hydrogens is 264 g/mol. The fraction of sp³-hybridized carbons (Fsp3) is 0.235. The second kappa shape index (κ2) is 5.22. The number of amides is 1. The molecule has 2 atom stereocenters. The number of benzene rings is 2. The minimum Gasteiger partial charge on any atom is -0.369 e. The second-order valence-corrected chi connectivity index (χ2v) is 5.42. The van der Waals surface area contributed by atoms with Gasteiger partial charge in [-0.05, 0) is 30.2 Å². The molecule has 0 aromatic heterocycles. The number of carbonyl (C=O) groups is 1. The maximum Gasteiger partial charge on any atom is 0.224 e. The van der Waals surface area contributed by atoms with Crippen LogP contribution in [0, 0.1) is 0 Å². The minimum absolute atomic E-state index is 0.306. The predicted molar refractivity (Wildman–Crippen MR) is 81.6 cm³/mol. The molecule has 0 fully saturated rings. The Morgan fingerprint density at radius 3 is 2.52 bits per heavy atom. The Balaban J connectivity index is 1.85. The van der Waals surface area contributed by atoms with Crippen molar-refractivity contribution in [1.82, 2.24) is 0 Å². The monoisotopic (exact) mass is 282 g/mol. The van der Waals surface area contributed by atoms with E-state index in [1.807, 2.05) is 53.4 Å². The van der Waals surface area contributed by atoms with Crippen molar-refractivity contribution >= 4 is 11.6 Å². The lowest BCUT2D eigenvalue weighted by molar-refractivity contribution is -0.119. The number of hydrogen-bond acceptors (Lipinski definition) is 3. The summed E-state index contributed by atoms with van der Waals surface area (Å²) >= 11 is 0. The summed E-state index contributed by atoms with van der Waals surface area (Å²) in [5, 5.41) is 10.4. The van der Waals surface area contributed by atoms with E-state index in [-0.39, 0.29) is 11.8 Å². The van der Waals surface area contributed by atoms with Crippen LogP contribution in [-0.4, -0.2) is 11.0 Å². The van der Waals surface area contributed by atoms with Crippen molar-refractivity contribution in [3.05, 3.63) is 65.2 Å². The summed E-state index contributed by atoms with van der Waals surface area (Å²) in [6.07, 6.45) is -0.624. The number of carbonyl (C=O) groups excluding carboxylic acids is 1. The molecule has 2 aromatic rings. The Morgan fingerprint density at radius 1 is 1.24 bits per heavy atom. The Morgan fingerprint density at radius 2 is 1.90 bits per heavy atom. The van der Waals surface area contributed by atoms with Gasteiger partial charge in [-0.1, -0.05) is 36.4 Å². The van der Waals surface area contributed by atoms with Gasteiger partial charge in [-0.25, -0.2) is 0 Å². The third kappa shape index (κ3) is 2.38. The zero-order chi connectivity index (χ0) is 15.0. The van der Waals surface area contributed by atoms with Gasteiger partial charge in [0.05, 0.1) is 5.92 Å². The highest BCUT2D eigenvalue weighted by Gasteiger charge is 2.28. The number of rotatable bonds is 3. The fourth-order valence-electron chi connectivity index (χ4n) is 2.72. The lowest BCUT2D eigenvalue weighted by Crippen LogP contribution is -2.21. The summed E-state index contributed by atoms with van der Waals surface area (Å²) < 4.78 is 0. The van der Waals surface area contributed by atoms with Gasteiger partial charge in [0.25, 0.3) is 0 Å². The number of aliphatic hydroxyl groups excluding tert-OH is 1. The molecule has 0 radical (unpaired) electrons. The van der Waals surface area contributed by atoms with Gasteiger partial charge in [-0.15, -0.1) is 0 Å². The number of nitrogens with zero attached hydrogens (tertiary/aromatic N) is 1. The van der Waals surface area contributed by atoms with Crippen LogP contribution in [0.3, 0.4) is 0 Å². The van der Waals surface area contributed by atoms with Crippen LogP contribution in [0.4, 0.5) is 5.69 Å².